The van der Waals surface area contributed by atoms with Gasteiger partial charge in [0.2, 0.25) is 0 Å². The zero-order valence-corrected chi connectivity index (χ0v) is 14.1. The zero-order valence-electron chi connectivity index (χ0n) is 14.1. The Morgan fingerprint density at radius 3 is 2.96 bits per heavy atom. The van der Waals surface area contributed by atoms with Gasteiger partial charge < -0.3 is 9.88 Å². The van der Waals surface area contributed by atoms with Crippen LogP contribution in [-0.2, 0) is 6.54 Å². The van der Waals surface area contributed by atoms with Crippen molar-refractivity contribution in [2.45, 2.75) is 39.3 Å². The summed E-state index contributed by atoms with van der Waals surface area (Å²) in [7, 11) is 0. The number of carbonyl (C=O) groups excluding carboxylic acids is 1. The number of hydrogen-bond donors (Lipinski definition) is 1. The van der Waals surface area contributed by atoms with Gasteiger partial charge in [-0.05, 0) is 56.3 Å². The van der Waals surface area contributed by atoms with E-state index in [0.29, 0.717) is 0 Å². The Morgan fingerprint density at radius 2 is 2.17 bits per heavy atom. The Hall–Kier alpha value is -2.56. The molecule has 3 heterocycles. The van der Waals surface area contributed by atoms with Gasteiger partial charge in [-0.2, -0.15) is 5.10 Å². The number of likely N-dealkylation sites (tertiary alicyclic amines) is 1. The van der Waals surface area contributed by atoms with Crippen LogP contribution in [0.2, 0.25) is 0 Å². The van der Waals surface area contributed by atoms with Crippen LogP contribution in [0.4, 0.5) is 0 Å². The highest BCUT2D eigenvalue weighted by molar-refractivity contribution is 5.98. The zero-order chi connectivity index (χ0) is 16.7. The van der Waals surface area contributed by atoms with Crippen molar-refractivity contribution in [1.29, 1.82) is 0 Å². The lowest BCUT2D eigenvalue weighted by Crippen LogP contribution is -2.38. The molecule has 1 N–H and O–H groups in total. The van der Waals surface area contributed by atoms with Gasteiger partial charge in [0.15, 0.2) is 0 Å². The molecule has 0 bridgehead atoms. The number of fused-ring (bicyclic) bond motifs is 1. The maximum Gasteiger partial charge on any atom is 0.254 e. The van der Waals surface area contributed by atoms with Gasteiger partial charge in [0.25, 0.3) is 5.91 Å². The molecule has 3 aromatic rings. The molecule has 1 amide bonds. The van der Waals surface area contributed by atoms with Gasteiger partial charge in [0.05, 0.1) is 18.3 Å². The van der Waals surface area contributed by atoms with E-state index in [1.807, 2.05) is 47.0 Å². The molecule has 0 saturated carbocycles. The molecule has 1 aliphatic heterocycles. The van der Waals surface area contributed by atoms with Crippen molar-refractivity contribution in [3.05, 3.63) is 53.5 Å². The van der Waals surface area contributed by atoms with Crippen molar-refractivity contribution in [3.63, 3.8) is 0 Å². The summed E-state index contributed by atoms with van der Waals surface area (Å²) in [5.41, 5.74) is 3.94. The average Bonchev–Trinajstić information content (AvgIpc) is 3.27. The molecule has 1 atom stereocenters. The number of nitrogens with one attached hydrogen (secondary N) is 1. The topological polar surface area (TPSA) is 53.9 Å². The van der Waals surface area contributed by atoms with E-state index in [2.05, 4.69) is 23.1 Å². The van der Waals surface area contributed by atoms with E-state index in [4.69, 9.17) is 0 Å². The standard InChI is InChI=1S/C19H22N4O/c1-13-10-14(2)23(21-13)12-17-4-3-9-22(17)19(24)16-6-5-15-7-8-20-18(15)11-16/h5-8,10-11,17,20H,3-4,9,12H2,1-2H3/t17-/m1/s1. The number of benzene rings is 1. The third-order valence-electron chi connectivity index (χ3n) is 4.93. The molecular weight excluding hydrogens is 300 g/mol. The number of carbonyl (C=O) groups is 1. The molecule has 2 aromatic heterocycles. The highest BCUT2D eigenvalue weighted by Crippen LogP contribution is 2.23. The molecule has 5 heteroatoms. The lowest BCUT2D eigenvalue weighted by molar-refractivity contribution is 0.0721. The highest BCUT2D eigenvalue weighted by Gasteiger charge is 2.30. The van der Waals surface area contributed by atoms with Crippen LogP contribution in [0.3, 0.4) is 0 Å². The minimum atomic E-state index is 0.121. The average molecular weight is 322 g/mol. The summed E-state index contributed by atoms with van der Waals surface area (Å²) in [6.07, 6.45) is 4.00. The first kappa shape index (κ1) is 15.0. The Morgan fingerprint density at radius 1 is 1.29 bits per heavy atom. The second-order valence-corrected chi connectivity index (χ2v) is 6.68. The molecule has 0 aliphatic carbocycles. The van der Waals surface area contributed by atoms with Crippen LogP contribution >= 0.6 is 0 Å². The maximum atomic E-state index is 13.0. The number of aromatic amines is 1. The number of aromatic nitrogens is 3. The molecule has 0 spiro atoms. The third-order valence-corrected chi connectivity index (χ3v) is 4.93. The van der Waals surface area contributed by atoms with Crippen LogP contribution in [0, 0.1) is 13.8 Å². The number of rotatable bonds is 3. The second-order valence-electron chi connectivity index (χ2n) is 6.68. The van der Waals surface area contributed by atoms with E-state index in [9.17, 15) is 4.79 Å². The van der Waals surface area contributed by atoms with Crippen molar-refractivity contribution in [2.75, 3.05) is 6.54 Å². The fourth-order valence-corrected chi connectivity index (χ4v) is 3.70. The highest BCUT2D eigenvalue weighted by atomic mass is 16.2. The summed E-state index contributed by atoms with van der Waals surface area (Å²) in [4.78, 5) is 18.2. The molecule has 4 rings (SSSR count). The van der Waals surface area contributed by atoms with Crippen molar-refractivity contribution in [3.8, 4) is 0 Å². The number of hydrogen-bond acceptors (Lipinski definition) is 2. The summed E-state index contributed by atoms with van der Waals surface area (Å²) in [6.45, 7) is 5.68. The van der Waals surface area contributed by atoms with E-state index < -0.39 is 0 Å². The van der Waals surface area contributed by atoms with E-state index in [1.54, 1.807) is 0 Å². The Kier molecular flexibility index (Phi) is 3.63. The van der Waals surface area contributed by atoms with Crippen LogP contribution < -0.4 is 0 Å². The molecular formula is C19H22N4O. The van der Waals surface area contributed by atoms with Gasteiger partial charge in [-0.25, -0.2) is 0 Å². The number of amides is 1. The number of nitrogens with zero attached hydrogens (tertiary/aromatic N) is 3. The maximum absolute atomic E-state index is 13.0. The van der Waals surface area contributed by atoms with E-state index in [0.717, 1.165) is 53.8 Å². The van der Waals surface area contributed by atoms with Crippen LogP contribution in [0.1, 0.15) is 34.6 Å². The van der Waals surface area contributed by atoms with Crippen LogP contribution in [0.25, 0.3) is 10.9 Å². The summed E-state index contributed by atoms with van der Waals surface area (Å²) >= 11 is 0. The van der Waals surface area contributed by atoms with E-state index in [1.165, 1.54) is 0 Å². The third kappa shape index (κ3) is 2.60. The molecule has 5 nitrogen and oxygen atoms in total. The fraction of sp³-hybridized carbons (Fsp3) is 0.368. The predicted molar refractivity (Wildman–Crippen MR) is 94.1 cm³/mol. The summed E-state index contributed by atoms with van der Waals surface area (Å²) in [5, 5.41) is 5.68. The summed E-state index contributed by atoms with van der Waals surface area (Å²) in [5.74, 6) is 0.121. The van der Waals surface area contributed by atoms with Crippen molar-refractivity contribution in [2.24, 2.45) is 0 Å². The monoisotopic (exact) mass is 322 g/mol. The lowest BCUT2D eigenvalue weighted by atomic mass is 10.1. The normalized spacial score (nSPS) is 17.8. The fourth-order valence-electron chi connectivity index (χ4n) is 3.70. The number of H-pyrrole nitrogens is 1. The molecule has 1 saturated heterocycles. The van der Waals surface area contributed by atoms with Gasteiger partial charge in [0, 0.05) is 29.5 Å². The Labute approximate surface area is 141 Å². The second kappa shape index (κ2) is 5.82. The molecule has 0 unspecified atom stereocenters. The van der Waals surface area contributed by atoms with Crippen molar-refractivity contribution < 1.29 is 4.79 Å². The molecule has 1 fully saturated rings. The van der Waals surface area contributed by atoms with Gasteiger partial charge >= 0.3 is 0 Å². The molecule has 124 valence electrons. The van der Waals surface area contributed by atoms with E-state index >= 15 is 0 Å². The SMILES string of the molecule is Cc1cc(C)n(C[C@H]2CCCN2C(=O)c2ccc3cc[nH]c3c2)n1. The van der Waals surface area contributed by atoms with Crippen molar-refractivity contribution >= 4 is 16.8 Å². The van der Waals surface area contributed by atoms with Crippen LogP contribution in [-0.4, -0.2) is 38.2 Å². The first-order chi connectivity index (χ1) is 11.6. The number of aryl methyl sites for hydroxylation is 2. The Balaban J connectivity index is 1.57. The van der Waals surface area contributed by atoms with Gasteiger partial charge in [0.1, 0.15) is 0 Å². The van der Waals surface area contributed by atoms with E-state index in [-0.39, 0.29) is 11.9 Å². The summed E-state index contributed by atoms with van der Waals surface area (Å²) < 4.78 is 2.03. The predicted octanol–water partition coefficient (Wildman–Crippen LogP) is 3.29. The minimum Gasteiger partial charge on any atom is -0.361 e. The Bertz CT molecular complexity index is 892. The van der Waals surface area contributed by atoms with Crippen LogP contribution in [0.15, 0.2) is 36.5 Å². The molecule has 0 radical (unpaired) electrons. The molecule has 24 heavy (non-hydrogen) atoms. The van der Waals surface area contributed by atoms with Gasteiger partial charge in [-0.1, -0.05) is 6.07 Å². The largest absolute Gasteiger partial charge is 0.361 e. The van der Waals surface area contributed by atoms with Gasteiger partial charge in [-0.15, -0.1) is 0 Å². The smallest absolute Gasteiger partial charge is 0.254 e. The van der Waals surface area contributed by atoms with Crippen molar-refractivity contribution in [1.82, 2.24) is 19.7 Å². The first-order valence-corrected chi connectivity index (χ1v) is 8.51. The van der Waals surface area contributed by atoms with Crippen LogP contribution in [0.5, 0.6) is 0 Å². The minimum absolute atomic E-state index is 0.121. The molecule has 1 aromatic carbocycles. The summed E-state index contributed by atoms with van der Waals surface area (Å²) in [6, 6.07) is 10.2. The quantitative estimate of drug-likeness (QED) is 0.804. The van der Waals surface area contributed by atoms with Gasteiger partial charge in [-0.3, -0.25) is 9.48 Å². The lowest BCUT2D eigenvalue weighted by Gasteiger charge is -2.25. The molecule has 1 aliphatic rings. The first-order valence-electron chi connectivity index (χ1n) is 8.51.